The third-order valence-electron chi connectivity index (χ3n) is 3.89. The predicted octanol–water partition coefficient (Wildman–Crippen LogP) is 2.56. The Morgan fingerprint density at radius 2 is 1.76 bits per heavy atom. The lowest BCUT2D eigenvalue weighted by Crippen LogP contribution is -2.43. The van der Waals surface area contributed by atoms with Crippen LogP contribution < -0.4 is 10.2 Å². The quantitative estimate of drug-likeness (QED) is 0.937. The molecule has 0 spiro atoms. The topological polar surface area (TPSA) is 39.1 Å². The van der Waals surface area contributed by atoms with E-state index in [0.29, 0.717) is 0 Å². The van der Waals surface area contributed by atoms with Gasteiger partial charge in [-0.15, -0.1) is 0 Å². The molecule has 1 fully saturated rings. The summed E-state index contributed by atoms with van der Waals surface area (Å²) in [5.41, 5.74) is 4.31. The molecule has 3 heteroatoms. The molecule has 21 heavy (non-hydrogen) atoms. The molecular weight excluding hydrogens is 258 g/mol. The summed E-state index contributed by atoms with van der Waals surface area (Å²) in [4.78, 5) is 2.29. The smallest absolute Gasteiger partial charge is 0.101 e. The molecule has 1 N–H and O–H groups in total. The van der Waals surface area contributed by atoms with Crippen molar-refractivity contribution in [3.8, 4) is 6.07 Å². The fourth-order valence-corrected chi connectivity index (χ4v) is 2.80. The summed E-state index contributed by atoms with van der Waals surface area (Å²) in [7, 11) is 0. The molecule has 0 radical (unpaired) electrons. The number of hydrogen-bond acceptors (Lipinski definition) is 3. The molecule has 1 saturated heterocycles. The van der Waals surface area contributed by atoms with E-state index in [2.05, 4.69) is 52.7 Å². The van der Waals surface area contributed by atoms with Gasteiger partial charge in [-0.2, -0.15) is 5.26 Å². The average molecular weight is 277 g/mol. The van der Waals surface area contributed by atoms with Gasteiger partial charge in [-0.1, -0.05) is 36.4 Å². The van der Waals surface area contributed by atoms with Crippen LogP contribution in [0.2, 0.25) is 0 Å². The van der Waals surface area contributed by atoms with E-state index < -0.39 is 0 Å². The molecule has 1 aliphatic rings. The summed E-state index contributed by atoms with van der Waals surface area (Å²) in [5, 5.41) is 12.8. The van der Waals surface area contributed by atoms with Crippen LogP contribution >= 0.6 is 0 Å². The van der Waals surface area contributed by atoms with Gasteiger partial charge in [-0.05, 0) is 29.7 Å². The molecule has 0 atom stereocenters. The number of nitriles is 1. The first kappa shape index (κ1) is 13.7. The van der Waals surface area contributed by atoms with Crippen LogP contribution in [0.1, 0.15) is 16.7 Å². The van der Waals surface area contributed by atoms with E-state index in [1.165, 1.54) is 11.1 Å². The Morgan fingerprint density at radius 1 is 1.00 bits per heavy atom. The number of piperazine rings is 1. The zero-order valence-electron chi connectivity index (χ0n) is 12.0. The van der Waals surface area contributed by atoms with Crippen LogP contribution in [-0.2, 0) is 6.42 Å². The van der Waals surface area contributed by atoms with Crippen molar-refractivity contribution in [3.63, 3.8) is 0 Å². The Labute approximate surface area is 125 Å². The molecule has 0 unspecified atom stereocenters. The van der Waals surface area contributed by atoms with Crippen LogP contribution in [0.3, 0.4) is 0 Å². The summed E-state index contributed by atoms with van der Waals surface area (Å²) in [5.74, 6) is 0. The SMILES string of the molecule is N#Cc1cc(Cc2ccccc2)ccc1N1CCNCC1. The number of rotatable bonds is 3. The summed E-state index contributed by atoms with van der Waals surface area (Å²) in [6.45, 7) is 3.90. The Bertz CT molecular complexity index is 637. The molecule has 3 rings (SSSR count). The van der Waals surface area contributed by atoms with Crippen molar-refractivity contribution in [2.45, 2.75) is 6.42 Å². The second-order valence-electron chi connectivity index (χ2n) is 5.36. The lowest BCUT2D eigenvalue weighted by atomic mass is 10.0. The lowest BCUT2D eigenvalue weighted by Gasteiger charge is -2.30. The molecule has 1 heterocycles. The maximum absolute atomic E-state index is 9.45. The largest absolute Gasteiger partial charge is 0.368 e. The van der Waals surface area contributed by atoms with Gasteiger partial charge in [0.05, 0.1) is 11.3 Å². The third kappa shape index (κ3) is 3.24. The molecule has 0 aromatic heterocycles. The van der Waals surface area contributed by atoms with Crippen molar-refractivity contribution < 1.29 is 0 Å². The number of nitrogens with one attached hydrogen (secondary N) is 1. The van der Waals surface area contributed by atoms with Gasteiger partial charge in [-0.25, -0.2) is 0 Å². The van der Waals surface area contributed by atoms with E-state index >= 15 is 0 Å². The normalized spacial score (nSPS) is 14.7. The number of nitrogens with zero attached hydrogens (tertiary/aromatic N) is 2. The van der Waals surface area contributed by atoms with Crippen molar-refractivity contribution in [3.05, 3.63) is 65.2 Å². The molecule has 1 aliphatic heterocycles. The highest BCUT2D eigenvalue weighted by atomic mass is 15.2. The van der Waals surface area contributed by atoms with E-state index in [0.717, 1.165) is 43.9 Å². The predicted molar refractivity (Wildman–Crippen MR) is 85.5 cm³/mol. The molecular formula is C18H19N3. The molecule has 0 bridgehead atoms. The zero-order chi connectivity index (χ0) is 14.5. The molecule has 0 saturated carbocycles. The van der Waals surface area contributed by atoms with E-state index in [4.69, 9.17) is 0 Å². The van der Waals surface area contributed by atoms with Crippen LogP contribution in [0, 0.1) is 11.3 Å². The highest BCUT2D eigenvalue weighted by Gasteiger charge is 2.14. The first-order chi connectivity index (χ1) is 10.4. The Kier molecular flexibility index (Phi) is 4.18. The minimum absolute atomic E-state index is 0.783. The monoisotopic (exact) mass is 277 g/mol. The maximum Gasteiger partial charge on any atom is 0.101 e. The van der Waals surface area contributed by atoms with Crippen LogP contribution in [0.25, 0.3) is 0 Å². The number of benzene rings is 2. The van der Waals surface area contributed by atoms with Crippen LogP contribution in [0.15, 0.2) is 48.5 Å². The van der Waals surface area contributed by atoms with Crippen molar-refractivity contribution in [2.24, 2.45) is 0 Å². The van der Waals surface area contributed by atoms with E-state index in [-0.39, 0.29) is 0 Å². The average Bonchev–Trinajstić information content (AvgIpc) is 2.56. The van der Waals surface area contributed by atoms with Gasteiger partial charge < -0.3 is 10.2 Å². The zero-order valence-corrected chi connectivity index (χ0v) is 12.0. The van der Waals surface area contributed by atoms with Gasteiger partial charge in [0, 0.05) is 26.2 Å². The van der Waals surface area contributed by atoms with Crippen LogP contribution in [0.4, 0.5) is 5.69 Å². The lowest BCUT2D eigenvalue weighted by molar-refractivity contribution is 0.589. The van der Waals surface area contributed by atoms with E-state index in [1.54, 1.807) is 0 Å². The Hall–Kier alpha value is -2.31. The summed E-state index contributed by atoms with van der Waals surface area (Å²) >= 11 is 0. The number of hydrogen-bond donors (Lipinski definition) is 1. The van der Waals surface area contributed by atoms with Gasteiger partial charge in [0.1, 0.15) is 6.07 Å². The first-order valence-electron chi connectivity index (χ1n) is 7.39. The summed E-state index contributed by atoms with van der Waals surface area (Å²) in [6, 6.07) is 19.0. The minimum Gasteiger partial charge on any atom is -0.368 e. The molecule has 0 aliphatic carbocycles. The summed E-state index contributed by atoms with van der Waals surface area (Å²) < 4.78 is 0. The van der Waals surface area contributed by atoms with Gasteiger partial charge >= 0.3 is 0 Å². The fraction of sp³-hybridized carbons (Fsp3) is 0.278. The third-order valence-corrected chi connectivity index (χ3v) is 3.89. The van der Waals surface area contributed by atoms with Crippen molar-refractivity contribution in [1.82, 2.24) is 5.32 Å². The molecule has 0 amide bonds. The minimum atomic E-state index is 0.783. The molecule has 3 nitrogen and oxygen atoms in total. The number of anilines is 1. The van der Waals surface area contributed by atoms with Crippen molar-refractivity contribution in [2.75, 3.05) is 31.1 Å². The highest BCUT2D eigenvalue weighted by molar-refractivity contribution is 5.61. The Balaban J connectivity index is 1.83. The van der Waals surface area contributed by atoms with Crippen molar-refractivity contribution in [1.29, 1.82) is 5.26 Å². The molecule has 106 valence electrons. The molecule has 2 aromatic carbocycles. The van der Waals surface area contributed by atoms with E-state index in [1.807, 2.05) is 12.1 Å². The van der Waals surface area contributed by atoms with Gasteiger partial charge in [0.25, 0.3) is 0 Å². The second kappa shape index (κ2) is 6.43. The van der Waals surface area contributed by atoms with Crippen molar-refractivity contribution >= 4 is 5.69 Å². The van der Waals surface area contributed by atoms with Gasteiger partial charge in [0.2, 0.25) is 0 Å². The van der Waals surface area contributed by atoms with Gasteiger partial charge in [0.15, 0.2) is 0 Å². The first-order valence-corrected chi connectivity index (χ1v) is 7.39. The Morgan fingerprint density at radius 3 is 2.48 bits per heavy atom. The maximum atomic E-state index is 9.45. The van der Waals surface area contributed by atoms with Crippen LogP contribution in [-0.4, -0.2) is 26.2 Å². The van der Waals surface area contributed by atoms with Crippen LogP contribution in [0.5, 0.6) is 0 Å². The summed E-state index contributed by atoms with van der Waals surface area (Å²) in [6.07, 6.45) is 0.872. The molecule has 2 aromatic rings. The second-order valence-corrected chi connectivity index (χ2v) is 5.36. The fourth-order valence-electron chi connectivity index (χ4n) is 2.80. The van der Waals surface area contributed by atoms with Gasteiger partial charge in [-0.3, -0.25) is 0 Å². The standard InChI is InChI=1S/C18H19N3/c19-14-17-13-16(12-15-4-2-1-3-5-15)6-7-18(17)21-10-8-20-9-11-21/h1-7,13,20H,8-12H2. The van der Waals surface area contributed by atoms with E-state index in [9.17, 15) is 5.26 Å². The highest BCUT2D eigenvalue weighted by Crippen LogP contribution is 2.23.